The largest absolute Gasteiger partial charge is 0.378 e. The van der Waals surface area contributed by atoms with Gasteiger partial charge in [-0.15, -0.1) is 0 Å². The predicted octanol–water partition coefficient (Wildman–Crippen LogP) is 1.32. The summed E-state index contributed by atoms with van der Waals surface area (Å²) in [6, 6.07) is 0. The second kappa shape index (κ2) is 12.2. The maximum atomic E-state index is 12.6. The fraction of sp³-hybridized carbons (Fsp3) is 0.737. The van der Waals surface area contributed by atoms with E-state index in [0.717, 1.165) is 19.3 Å². The zero-order valence-electron chi connectivity index (χ0n) is 18.0. The van der Waals surface area contributed by atoms with Crippen molar-refractivity contribution in [2.75, 3.05) is 43.2 Å². The van der Waals surface area contributed by atoms with E-state index in [0.29, 0.717) is 56.0 Å². The van der Waals surface area contributed by atoms with Gasteiger partial charge in [-0.2, -0.15) is 15.0 Å². The van der Waals surface area contributed by atoms with Crippen molar-refractivity contribution in [1.82, 2.24) is 25.4 Å². The normalized spacial score (nSPS) is 15.0. The molecule has 2 amide bonds. The van der Waals surface area contributed by atoms with Crippen LogP contribution in [0.15, 0.2) is 0 Å². The molecule has 0 saturated carbocycles. The van der Waals surface area contributed by atoms with E-state index >= 15 is 0 Å². The molecule has 0 aromatic carbocycles. The number of hydrazine groups is 1. The number of carbonyl (C=O) groups is 2. The first-order valence-electron chi connectivity index (χ1n) is 10.5. The molecule has 1 unspecified atom stereocenters. The van der Waals surface area contributed by atoms with Crippen molar-refractivity contribution >= 4 is 24.2 Å². The number of amides is 2. The van der Waals surface area contributed by atoms with Gasteiger partial charge in [0, 0.05) is 19.0 Å². The van der Waals surface area contributed by atoms with Gasteiger partial charge in [-0.1, -0.05) is 40.0 Å². The standard InChI is InChI=1S/C19H33N7O4/c1-4-5-6-7-15(12-26(29)13-27)17(28)23-24-18-20-16(14(2)3)21-19(22-18)25-8-10-30-11-9-25/h13-15,29H,4-12H2,1-3H3,(H,23,28)(H,20,21,22,24). The smallest absolute Gasteiger partial charge is 0.246 e. The van der Waals surface area contributed by atoms with Crippen LogP contribution in [0.25, 0.3) is 0 Å². The van der Waals surface area contributed by atoms with Gasteiger partial charge in [-0.25, -0.2) is 5.06 Å². The molecule has 1 atom stereocenters. The van der Waals surface area contributed by atoms with Crippen molar-refractivity contribution in [3.8, 4) is 0 Å². The monoisotopic (exact) mass is 423 g/mol. The van der Waals surface area contributed by atoms with Crippen LogP contribution in [0.2, 0.25) is 0 Å². The lowest BCUT2D eigenvalue weighted by molar-refractivity contribution is -0.154. The molecule has 1 saturated heterocycles. The number of nitrogens with zero attached hydrogens (tertiary/aromatic N) is 5. The number of aromatic nitrogens is 3. The summed E-state index contributed by atoms with van der Waals surface area (Å²) in [5.74, 6) is 0.588. The Morgan fingerprint density at radius 2 is 2.00 bits per heavy atom. The number of anilines is 2. The third-order valence-electron chi connectivity index (χ3n) is 4.80. The van der Waals surface area contributed by atoms with Gasteiger partial charge in [0.1, 0.15) is 5.82 Å². The third kappa shape index (κ3) is 7.38. The molecule has 3 N–H and O–H groups in total. The molecule has 0 radical (unpaired) electrons. The fourth-order valence-corrected chi connectivity index (χ4v) is 3.03. The van der Waals surface area contributed by atoms with E-state index in [1.165, 1.54) is 0 Å². The van der Waals surface area contributed by atoms with Crippen LogP contribution in [0, 0.1) is 5.92 Å². The van der Waals surface area contributed by atoms with E-state index < -0.39 is 5.92 Å². The zero-order chi connectivity index (χ0) is 21.9. The Hall–Kier alpha value is -2.53. The minimum Gasteiger partial charge on any atom is -0.378 e. The fourth-order valence-electron chi connectivity index (χ4n) is 3.03. The quantitative estimate of drug-likeness (QED) is 0.197. The number of morpholine rings is 1. The molecule has 1 aliphatic rings. The van der Waals surface area contributed by atoms with E-state index in [1.54, 1.807) is 0 Å². The highest BCUT2D eigenvalue weighted by Crippen LogP contribution is 2.17. The van der Waals surface area contributed by atoms with Crippen molar-refractivity contribution < 1.29 is 19.5 Å². The SMILES string of the molecule is CCCCCC(CN(O)C=O)C(=O)NNc1nc(C(C)C)nc(N2CCOCC2)n1. The van der Waals surface area contributed by atoms with Crippen molar-refractivity contribution in [1.29, 1.82) is 0 Å². The highest BCUT2D eigenvalue weighted by Gasteiger charge is 2.22. The zero-order valence-corrected chi connectivity index (χ0v) is 18.0. The maximum Gasteiger partial charge on any atom is 0.246 e. The number of carbonyl (C=O) groups excluding carboxylic acids is 2. The van der Waals surface area contributed by atoms with Crippen LogP contribution in [-0.4, -0.2) is 70.4 Å². The van der Waals surface area contributed by atoms with Gasteiger partial charge < -0.3 is 9.64 Å². The molecule has 168 valence electrons. The van der Waals surface area contributed by atoms with Crippen LogP contribution in [-0.2, 0) is 14.3 Å². The molecule has 1 aromatic rings. The van der Waals surface area contributed by atoms with E-state index in [-0.39, 0.29) is 24.3 Å². The Labute approximate surface area is 177 Å². The molecule has 0 aliphatic carbocycles. The number of rotatable bonds is 12. The molecule has 11 nitrogen and oxygen atoms in total. The van der Waals surface area contributed by atoms with E-state index in [9.17, 15) is 14.8 Å². The van der Waals surface area contributed by atoms with E-state index in [1.807, 2.05) is 18.7 Å². The minimum atomic E-state index is -0.552. The summed E-state index contributed by atoms with van der Waals surface area (Å²) < 4.78 is 5.38. The van der Waals surface area contributed by atoms with Crippen LogP contribution >= 0.6 is 0 Å². The Kier molecular flexibility index (Phi) is 9.68. The first-order chi connectivity index (χ1) is 14.4. The third-order valence-corrected chi connectivity index (χ3v) is 4.80. The van der Waals surface area contributed by atoms with Gasteiger partial charge in [-0.3, -0.25) is 25.6 Å². The molecule has 30 heavy (non-hydrogen) atoms. The second-order valence-corrected chi connectivity index (χ2v) is 7.61. The van der Waals surface area contributed by atoms with E-state index in [2.05, 4.69) is 32.7 Å². The van der Waals surface area contributed by atoms with Gasteiger partial charge >= 0.3 is 0 Å². The molecular formula is C19H33N7O4. The molecular weight excluding hydrogens is 390 g/mol. The first-order valence-corrected chi connectivity index (χ1v) is 10.5. The molecule has 0 bridgehead atoms. The molecule has 0 spiro atoms. The lowest BCUT2D eigenvalue weighted by atomic mass is 10.0. The van der Waals surface area contributed by atoms with Crippen LogP contribution < -0.4 is 15.8 Å². The molecule has 1 aromatic heterocycles. The summed E-state index contributed by atoms with van der Waals surface area (Å²) in [4.78, 5) is 38.8. The number of hydrogen-bond acceptors (Lipinski definition) is 9. The van der Waals surface area contributed by atoms with Crippen molar-refractivity contribution in [3.05, 3.63) is 5.82 Å². The average Bonchev–Trinajstić information content (AvgIpc) is 2.77. The molecule has 11 heteroatoms. The van der Waals surface area contributed by atoms with Crippen molar-refractivity contribution in [3.63, 3.8) is 0 Å². The topological polar surface area (TPSA) is 133 Å². The van der Waals surface area contributed by atoms with Gasteiger partial charge in [-0.05, 0) is 6.42 Å². The molecule has 2 heterocycles. The molecule has 2 rings (SSSR count). The molecule has 1 fully saturated rings. The van der Waals surface area contributed by atoms with Crippen LogP contribution in [0.4, 0.5) is 11.9 Å². The summed E-state index contributed by atoms with van der Waals surface area (Å²) in [6.45, 7) is 8.55. The van der Waals surface area contributed by atoms with Crippen LogP contribution in [0.1, 0.15) is 58.2 Å². The Balaban J connectivity index is 2.07. The number of hydroxylamine groups is 2. The van der Waals surface area contributed by atoms with E-state index in [4.69, 9.17) is 4.74 Å². The Morgan fingerprint density at radius 1 is 1.27 bits per heavy atom. The summed E-state index contributed by atoms with van der Waals surface area (Å²) in [6.07, 6.45) is 3.66. The summed E-state index contributed by atoms with van der Waals surface area (Å²) in [5, 5.41) is 10.0. The Morgan fingerprint density at radius 3 is 2.63 bits per heavy atom. The van der Waals surface area contributed by atoms with Gasteiger partial charge in [0.15, 0.2) is 0 Å². The minimum absolute atomic E-state index is 0.0752. The summed E-state index contributed by atoms with van der Waals surface area (Å²) in [7, 11) is 0. The van der Waals surface area contributed by atoms with Crippen LogP contribution in [0.3, 0.4) is 0 Å². The number of ether oxygens (including phenoxy) is 1. The van der Waals surface area contributed by atoms with Crippen LogP contribution in [0.5, 0.6) is 0 Å². The molecule has 1 aliphatic heterocycles. The maximum absolute atomic E-state index is 12.6. The predicted molar refractivity (Wildman–Crippen MR) is 111 cm³/mol. The van der Waals surface area contributed by atoms with Gasteiger partial charge in [0.25, 0.3) is 0 Å². The number of hydrogen-bond donors (Lipinski definition) is 3. The highest BCUT2D eigenvalue weighted by molar-refractivity contribution is 5.80. The number of nitrogens with one attached hydrogen (secondary N) is 2. The van der Waals surface area contributed by atoms with Crippen molar-refractivity contribution in [2.45, 2.75) is 52.4 Å². The lowest BCUT2D eigenvalue weighted by Crippen LogP contribution is -2.41. The average molecular weight is 424 g/mol. The van der Waals surface area contributed by atoms with Gasteiger partial charge in [0.2, 0.25) is 24.2 Å². The van der Waals surface area contributed by atoms with Crippen molar-refractivity contribution in [2.24, 2.45) is 5.92 Å². The number of unbranched alkanes of at least 4 members (excludes halogenated alkanes) is 2. The first kappa shape index (κ1) is 23.7. The lowest BCUT2D eigenvalue weighted by Gasteiger charge is -2.27. The second-order valence-electron chi connectivity index (χ2n) is 7.61. The highest BCUT2D eigenvalue weighted by atomic mass is 16.5. The summed E-state index contributed by atoms with van der Waals surface area (Å²) >= 11 is 0. The Bertz CT molecular complexity index is 683. The van der Waals surface area contributed by atoms with Gasteiger partial charge in [0.05, 0.1) is 25.7 Å². The summed E-state index contributed by atoms with van der Waals surface area (Å²) in [5.41, 5.74) is 5.39.